The summed E-state index contributed by atoms with van der Waals surface area (Å²) in [7, 11) is 3.95. The minimum absolute atomic E-state index is 0.0224. The highest BCUT2D eigenvalue weighted by molar-refractivity contribution is 9.11. The maximum absolute atomic E-state index is 12.5. The lowest BCUT2D eigenvalue weighted by atomic mass is 10.1. The van der Waals surface area contributed by atoms with Crippen LogP contribution in [0.5, 0.6) is 5.75 Å². The molecule has 1 aliphatic rings. The minimum atomic E-state index is -0.730. The summed E-state index contributed by atoms with van der Waals surface area (Å²) in [6, 6.07) is 1.62. The lowest BCUT2D eigenvalue weighted by molar-refractivity contribution is -0.139. The van der Waals surface area contributed by atoms with Crippen LogP contribution in [0.3, 0.4) is 0 Å². The van der Waals surface area contributed by atoms with Crippen molar-refractivity contribution >= 4 is 61.1 Å². The Hall–Kier alpha value is -1.77. The third kappa shape index (κ3) is 3.82. The number of esters is 2. The van der Waals surface area contributed by atoms with Gasteiger partial charge in [-0.15, -0.1) is 0 Å². The molecule has 0 bridgehead atoms. The maximum atomic E-state index is 12.5. The van der Waals surface area contributed by atoms with Gasteiger partial charge in [-0.05, 0) is 50.1 Å². The average molecular weight is 508 g/mol. The lowest BCUT2D eigenvalue weighted by Crippen LogP contribution is -2.27. The Morgan fingerprint density at radius 3 is 2.31 bits per heavy atom. The number of halogens is 3. The van der Waals surface area contributed by atoms with Crippen LogP contribution >= 0.6 is 43.5 Å². The molecule has 1 aromatic rings. The fourth-order valence-corrected chi connectivity index (χ4v) is 4.48. The molecule has 138 valence electrons. The highest BCUT2D eigenvalue weighted by atomic mass is 79.9. The van der Waals surface area contributed by atoms with Gasteiger partial charge < -0.3 is 19.1 Å². The van der Waals surface area contributed by atoms with Crippen LogP contribution in [0, 0.1) is 0 Å². The smallest absolute Gasteiger partial charge is 0.355 e. The summed E-state index contributed by atoms with van der Waals surface area (Å²) in [5.41, 5.74) is 0.374. The molecule has 1 aromatic carbocycles. The Balaban J connectivity index is 2.82. The topological polar surface area (TPSA) is 65.1 Å². The number of nitrogens with zero attached hydrogens (tertiary/aromatic N) is 1. The van der Waals surface area contributed by atoms with Crippen molar-refractivity contribution in [1.29, 1.82) is 0 Å². The van der Waals surface area contributed by atoms with Gasteiger partial charge in [-0.25, -0.2) is 9.59 Å². The van der Waals surface area contributed by atoms with Crippen molar-refractivity contribution in [3.05, 3.63) is 55.7 Å². The predicted molar refractivity (Wildman–Crippen MR) is 105 cm³/mol. The van der Waals surface area contributed by atoms with Gasteiger partial charge in [0.1, 0.15) is 11.4 Å². The molecule has 0 aliphatic carbocycles. The molecule has 0 saturated heterocycles. The molecule has 26 heavy (non-hydrogen) atoms. The van der Waals surface area contributed by atoms with Gasteiger partial charge in [0.25, 0.3) is 0 Å². The van der Waals surface area contributed by atoms with E-state index in [0.29, 0.717) is 25.4 Å². The van der Waals surface area contributed by atoms with E-state index >= 15 is 0 Å². The molecular weight excluding hydrogens is 493 g/mol. The summed E-state index contributed by atoms with van der Waals surface area (Å²) >= 11 is 13.2. The molecule has 9 heteroatoms. The maximum Gasteiger partial charge on any atom is 0.355 e. The molecule has 0 fully saturated rings. The number of anilines is 1. The molecule has 0 aromatic heterocycles. The van der Waals surface area contributed by atoms with Crippen molar-refractivity contribution < 1.29 is 23.8 Å². The number of hydrogen-bond acceptors (Lipinski definition) is 6. The summed E-state index contributed by atoms with van der Waals surface area (Å²) in [6.45, 7) is 0. The van der Waals surface area contributed by atoms with Crippen LogP contribution < -0.4 is 9.64 Å². The molecule has 2 rings (SSSR count). The Morgan fingerprint density at radius 2 is 1.73 bits per heavy atom. The van der Waals surface area contributed by atoms with Gasteiger partial charge in [-0.1, -0.05) is 17.7 Å². The molecule has 0 radical (unpaired) electrons. The van der Waals surface area contributed by atoms with Crippen LogP contribution in [0.2, 0.25) is 5.02 Å². The van der Waals surface area contributed by atoms with Gasteiger partial charge in [0.15, 0.2) is 0 Å². The third-order valence-corrected chi connectivity index (χ3v) is 5.05. The quantitative estimate of drug-likeness (QED) is 0.565. The molecule has 6 nitrogen and oxygen atoms in total. The number of allylic oxidation sites excluding steroid dienone is 2. The molecular formula is C17H14Br2ClNO5. The van der Waals surface area contributed by atoms with Crippen LogP contribution in [-0.2, 0) is 19.1 Å². The van der Waals surface area contributed by atoms with E-state index < -0.39 is 11.9 Å². The number of ether oxygens (including phenoxy) is 3. The summed E-state index contributed by atoms with van der Waals surface area (Å²) in [5.74, 6) is -0.947. The first kappa shape index (κ1) is 20.5. The summed E-state index contributed by atoms with van der Waals surface area (Å²) in [4.78, 5) is 26.1. The molecule has 1 aliphatic heterocycles. The van der Waals surface area contributed by atoms with Crippen molar-refractivity contribution in [3.63, 3.8) is 0 Å². The molecule has 0 N–H and O–H groups in total. The van der Waals surface area contributed by atoms with Gasteiger partial charge in [0.05, 0.1) is 46.6 Å². The van der Waals surface area contributed by atoms with Crippen molar-refractivity contribution in [1.82, 2.24) is 0 Å². The van der Waals surface area contributed by atoms with E-state index in [1.54, 1.807) is 24.4 Å². The van der Waals surface area contributed by atoms with Crippen molar-refractivity contribution in [2.75, 3.05) is 26.2 Å². The SMILES string of the molecule is COC(=O)C1=C(C(=O)OC)N(c2c(Cl)cc(Br)c(OC)c2Br)C=CC=C1. The fourth-order valence-electron chi connectivity index (χ4n) is 2.31. The van der Waals surface area contributed by atoms with Gasteiger partial charge in [-0.3, -0.25) is 0 Å². The molecule has 0 saturated carbocycles. The van der Waals surface area contributed by atoms with Crippen LogP contribution in [0.15, 0.2) is 50.7 Å². The van der Waals surface area contributed by atoms with E-state index in [0.717, 1.165) is 0 Å². The van der Waals surface area contributed by atoms with E-state index in [4.69, 9.17) is 25.8 Å². The highest BCUT2D eigenvalue weighted by Gasteiger charge is 2.31. The summed E-state index contributed by atoms with van der Waals surface area (Å²) in [6.07, 6.45) is 6.30. The summed E-state index contributed by atoms with van der Waals surface area (Å²) in [5, 5.41) is 0.307. The number of hydrogen-bond donors (Lipinski definition) is 0. The number of benzene rings is 1. The van der Waals surface area contributed by atoms with Crippen LogP contribution in [0.4, 0.5) is 5.69 Å². The first-order valence-corrected chi connectivity index (χ1v) is 9.10. The number of carbonyl (C=O) groups is 2. The van der Waals surface area contributed by atoms with Gasteiger partial charge in [-0.2, -0.15) is 0 Å². The largest absolute Gasteiger partial charge is 0.494 e. The molecule has 0 spiro atoms. The van der Waals surface area contributed by atoms with Gasteiger partial charge in [0, 0.05) is 6.20 Å². The number of carbonyl (C=O) groups excluding carboxylic acids is 2. The van der Waals surface area contributed by atoms with Crippen molar-refractivity contribution in [2.45, 2.75) is 0 Å². The van der Waals surface area contributed by atoms with E-state index in [1.807, 2.05) is 0 Å². The Morgan fingerprint density at radius 1 is 1.08 bits per heavy atom. The standard InChI is InChI=1S/C17H14Br2ClNO5/c1-24-15-10(18)8-11(20)14(12(15)19)21-7-5-4-6-9(16(22)25-2)13(21)17(23)26-3/h4-8H,1-3H3. The Bertz CT molecular complexity index is 848. The summed E-state index contributed by atoms with van der Waals surface area (Å²) < 4.78 is 16.1. The first-order valence-electron chi connectivity index (χ1n) is 7.13. The van der Waals surface area contributed by atoms with Gasteiger partial charge >= 0.3 is 11.9 Å². The van der Waals surface area contributed by atoms with E-state index in [1.165, 1.54) is 32.3 Å². The molecule has 0 unspecified atom stereocenters. The zero-order valence-electron chi connectivity index (χ0n) is 14.0. The van der Waals surface area contributed by atoms with Crippen LogP contribution in [0.1, 0.15) is 0 Å². The van der Waals surface area contributed by atoms with Crippen LogP contribution in [-0.4, -0.2) is 33.3 Å². The normalized spacial score (nSPS) is 13.5. The lowest BCUT2D eigenvalue weighted by Gasteiger charge is -2.26. The second-order valence-corrected chi connectivity index (χ2v) is 6.91. The molecule has 1 heterocycles. The second kappa shape index (κ2) is 8.75. The van der Waals surface area contributed by atoms with Crippen LogP contribution in [0.25, 0.3) is 0 Å². The molecule has 0 amide bonds. The number of rotatable bonds is 4. The molecule has 0 atom stereocenters. The predicted octanol–water partition coefficient (Wildman–Crippen LogP) is 4.36. The fraction of sp³-hybridized carbons (Fsp3) is 0.176. The van der Waals surface area contributed by atoms with Crippen molar-refractivity contribution in [3.8, 4) is 5.75 Å². The van der Waals surface area contributed by atoms with E-state index in [9.17, 15) is 9.59 Å². The van der Waals surface area contributed by atoms with Gasteiger partial charge in [0.2, 0.25) is 0 Å². The second-order valence-electron chi connectivity index (χ2n) is 4.85. The number of methoxy groups -OCH3 is 3. The zero-order chi connectivity index (χ0) is 19.4. The Kier molecular flexibility index (Phi) is 6.91. The third-order valence-electron chi connectivity index (χ3n) is 3.44. The first-order chi connectivity index (χ1) is 12.4. The monoisotopic (exact) mass is 505 g/mol. The van der Waals surface area contributed by atoms with E-state index in [-0.39, 0.29) is 11.3 Å². The zero-order valence-corrected chi connectivity index (χ0v) is 17.9. The van der Waals surface area contributed by atoms with Crippen molar-refractivity contribution in [2.24, 2.45) is 0 Å². The minimum Gasteiger partial charge on any atom is -0.494 e. The Labute approximate surface area is 172 Å². The average Bonchev–Trinajstić information content (AvgIpc) is 2.83. The van der Waals surface area contributed by atoms with E-state index in [2.05, 4.69) is 31.9 Å². The highest BCUT2D eigenvalue weighted by Crippen LogP contribution is 2.46.